The van der Waals surface area contributed by atoms with Gasteiger partial charge >= 0.3 is 12.1 Å². The van der Waals surface area contributed by atoms with E-state index in [9.17, 15) is 18.0 Å². The average Bonchev–Trinajstić information content (AvgIpc) is 2.96. The zero-order valence-corrected chi connectivity index (χ0v) is 19.6. The zero-order valence-electron chi connectivity index (χ0n) is 16.5. The van der Waals surface area contributed by atoms with E-state index < -0.39 is 18.6 Å². The van der Waals surface area contributed by atoms with Gasteiger partial charge in [0.15, 0.2) is 5.96 Å². The molecule has 0 radical (unpaired) electrons. The van der Waals surface area contributed by atoms with Crippen LogP contribution in [-0.4, -0.2) is 42.8 Å². The zero-order chi connectivity index (χ0) is 20.4. The fourth-order valence-electron chi connectivity index (χ4n) is 2.20. The van der Waals surface area contributed by atoms with Gasteiger partial charge in [-0.3, -0.25) is 4.99 Å². The number of ether oxygens (including phenoxy) is 1. The van der Waals surface area contributed by atoms with Gasteiger partial charge in [-0.1, -0.05) is 0 Å². The molecular formula is C17H28F3IN4O2S. The van der Waals surface area contributed by atoms with Gasteiger partial charge in [0.05, 0.1) is 18.3 Å². The Morgan fingerprint density at radius 3 is 2.57 bits per heavy atom. The number of aliphatic imine (C=N–C) groups is 1. The fourth-order valence-corrected chi connectivity index (χ4v) is 3.17. The Morgan fingerprint density at radius 2 is 2.00 bits per heavy atom. The van der Waals surface area contributed by atoms with Gasteiger partial charge in [0.1, 0.15) is 9.88 Å². The number of unbranched alkanes of at least 4 members (excludes halogenated alkanes) is 1. The SMILES string of the molecule is CCNC(=NCCCCC(F)(F)F)NC(C)c1nc(C)c(C(=O)OCC)s1.I. The predicted molar refractivity (Wildman–Crippen MR) is 116 cm³/mol. The maximum absolute atomic E-state index is 12.2. The second-order valence-corrected chi connectivity index (χ2v) is 6.92. The molecule has 2 N–H and O–H groups in total. The van der Waals surface area contributed by atoms with E-state index in [2.05, 4.69) is 20.6 Å². The summed E-state index contributed by atoms with van der Waals surface area (Å²) in [6.45, 7) is 8.48. The summed E-state index contributed by atoms with van der Waals surface area (Å²) in [7, 11) is 0. The Bertz CT molecular complexity index is 638. The van der Waals surface area contributed by atoms with Crippen LogP contribution in [0.15, 0.2) is 4.99 Å². The maximum atomic E-state index is 12.2. The Balaban J connectivity index is 0.00000729. The topological polar surface area (TPSA) is 75.6 Å². The van der Waals surface area contributed by atoms with Crippen LogP contribution in [0.5, 0.6) is 0 Å². The molecule has 1 atom stereocenters. The number of aromatic nitrogens is 1. The van der Waals surface area contributed by atoms with Crippen molar-refractivity contribution in [3.05, 3.63) is 15.6 Å². The number of hydrogen-bond donors (Lipinski definition) is 2. The molecule has 0 aliphatic heterocycles. The van der Waals surface area contributed by atoms with Crippen LogP contribution in [0.2, 0.25) is 0 Å². The molecule has 1 unspecified atom stereocenters. The summed E-state index contributed by atoms with van der Waals surface area (Å²) in [5.41, 5.74) is 0.608. The third-order valence-electron chi connectivity index (χ3n) is 3.48. The van der Waals surface area contributed by atoms with Crippen molar-refractivity contribution in [3.63, 3.8) is 0 Å². The van der Waals surface area contributed by atoms with E-state index in [4.69, 9.17) is 4.74 Å². The van der Waals surface area contributed by atoms with E-state index in [-0.39, 0.29) is 36.4 Å². The van der Waals surface area contributed by atoms with Gasteiger partial charge in [-0.15, -0.1) is 35.3 Å². The van der Waals surface area contributed by atoms with Gasteiger partial charge in [0.2, 0.25) is 0 Å². The highest BCUT2D eigenvalue weighted by Gasteiger charge is 2.25. The van der Waals surface area contributed by atoms with Gasteiger partial charge in [-0.05, 0) is 40.5 Å². The van der Waals surface area contributed by atoms with Crippen LogP contribution in [0.1, 0.15) is 66.4 Å². The number of hydrogen-bond acceptors (Lipinski definition) is 5. The first-order valence-electron chi connectivity index (χ1n) is 8.94. The molecule has 0 fully saturated rings. The first-order chi connectivity index (χ1) is 12.7. The minimum Gasteiger partial charge on any atom is -0.462 e. The van der Waals surface area contributed by atoms with Crippen molar-refractivity contribution < 1.29 is 22.7 Å². The van der Waals surface area contributed by atoms with Gasteiger partial charge < -0.3 is 15.4 Å². The molecular weight excluding hydrogens is 508 g/mol. The monoisotopic (exact) mass is 536 g/mol. The molecule has 0 saturated carbocycles. The van der Waals surface area contributed by atoms with Gasteiger partial charge in [0.25, 0.3) is 0 Å². The predicted octanol–water partition coefficient (Wildman–Crippen LogP) is 4.59. The van der Waals surface area contributed by atoms with E-state index in [0.29, 0.717) is 47.7 Å². The number of esters is 1. The van der Waals surface area contributed by atoms with Crippen molar-refractivity contribution in [2.24, 2.45) is 4.99 Å². The highest BCUT2D eigenvalue weighted by molar-refractivity contribution is 14.0. The number of rotatable bonds is 9. The summed E-state index contributed by atoms with van der Waals surface area (Å²) in [6.07, 6.45) is -4.51. The van der Waals surface area contributed by atoms with Crippen molar-refractivity contribution in [2.75, 3.05) is 19.7 Å². The molecule has 1 heterocycles. The lowest BCUT2D eigenvalue weighted by Crippen LogP contribution is -2.38. The van der Waals surface area contributed by atoms with E-state index in [0.717, 1.165) is 0 Å². The molecule has 0 aromatic carbocycles. The molecule has 28 heavy (non-hydrogen) atoms. The summed E-state index contributed by atoms with van der Waals surface area (Å²) in [4.78, 5) is 21.1. The van der Waals surface area contributed by atoms with Crippen LogP contribution in [0, 0.1) is 6.92 Å². The Hall–Kier alpha value is -1.11. The van der Waals surface area contributed by atoms with Crippen LogP contribution < -0.4 is 10.6 Å². The highest BCUT2D eigenvalue weighted by Crippen LogP contribution is 2.24. The molecule has 1 aromatic heterocycles. The first kappa shape index (κ1) is 26.9. The van der Waals surface area contributed by atoms with E-state index >= 15 is 0 Å². The number of guanidine groups is 1. The molecule has 0 bridgehead atoms. The van der Waals surface area contributed by atoms with E-state index in [1.165, 1.54) is 11.3 Å². The van der Waals surface area contributed by atoms with Gasteiger partial charge in [-0.2, -0.15) is 13.2 Å². The molecule has 11 heteroatoms. The third kappa shape index (κ3) is 9.89. The quantitative estimate of drug-likeness (QED) is 0.159. The molecule has 0 amide bonds. The summed E-state index contributed by atoms with van der Waals surface area (Å²) in [6, 6.07) is -0.218. The minimum absolute atomic E-state index is 0. The number of carbonyl (C=O) groups is 1. The number of halogens is 4. The number of nitrogens with one attached hydrogen (secondary N) is 2. The minimum atomic E-state index is -4.12. The van der Waals surface area contributed by atoms with Crippen molar-refractivity contribution in [3.8, 4) is 0 Å². The number of aryl methyl sites for hydroxylation is 1. The molecule has 162 valence electrons. The number of alkyl halides is 3. The largest absolute Gasteiger partial charge is 0.462 e. The molecule has 0 spiro atoms. The van der Waals surface area contributed by atoms with E-state index in [1.807, 2.05) is 13.8 Å². The second kappa shape index (κ2) is 13.2. The third-order valence-corrected chi connectivity index (χ3v) is 4.80. The Kier molecular flexibility index (Phi) is 12.7. The van der Waals surface area contributed by atoms with Crippen LogP contribution >= 0.6 is 35.3 Å². The van der Waals surface area contributed by atoms with Gasteiger partial charge in [-0.25, -0.2) is 9.78 Å². The fraction of sp³-hybridized carbons (Fsp3) is 0.706. The average molecular weight is 536 g/mol. The van der Waals surface area contributed by atoms with Crippen LogP contribution in [0.3, 0.4) is 0 Å². The standard InChI is InChI=1S/C17H27F3N4O2S.HI/c1-5-21-16(22-10-8-7-9-17(18,19)20)24-12(4)14-23-11(3)13(27-14)15(25)26-6-2;/h12H,5-10H2,1-4H3,(H2,21,22,24);1H. The van der Waals surface area contributed by atoms with Crippen molar-refractivity contribution in [1.29, 1.82) is 0 Å². The van der Waals surface area contributed by atoms with E-state index in [1.54, 1.807) is 13.8 Å². The maximum Gasteiger partial charge on any atom is 0.389 e. The van der Waals surface area contributed by atoms with Crippen LogP contribution in [0.4, 0.5) is 13.2 Å². The Labute approximate surface area is 184 Å². The second-order valence-electron chi connectivity index (χ2n) is 5.89. The van der Waals surface area contributed by atoms with Gasteiger partial charge in [0, 0.05) is 19.5 Å². The smallest absolute Gasteiger partial charge is 0.389 e. The highest BCUT2D eigenvalue weighted by atomic mass is 127. The number of nitrogens with zero attached hydrogens (tertiary/aromatic N) is 2. The Morgan fingerprint density at radius 1 is 1.32 bits per heavy atom. The lowest BCUT2D eigenvalue weighted by Gasteiger charge is -2.16. The lowest BCUT2D eigenvalue weighted by atomic mass is 10.2. The van der Waals surface area contributed by atoms with Crippen molar-refractivity contribution in [1.82, 2.24) is 15.6 Å². The van der Waals surface area contributed by atoms with Crippen molar-refractivity contribution >= 4 is 47.2 Å². The number of thiazole rings is 1. The molecule has 1 aromatic rings. The molecule has 6 nitrogen and oxygen atoms in total. The lowest BCUT2D eigenvalue weighted by molar-refractivity contribution is -0.135. The van der Waals surface area contributed by atoms with Crippen LogP contribution in [0.25, 0.3) is 0 Å². The first-order valence-corrected chi connectivity index (χ1v) is 9.75. The molecule has 0 aliphatic carbocycles. The molecule has 1 rings (SSSR count). The van der Waals surface area contributed by atoms with Crippen LogP contribution in [-0.2, 0) is 4.74 Å². The molecule has 0 aliphatic rings. The summed E-state index contributed by atoms with van der Waals surface area (Å²) >= 11 is 1.25. The number of carbonyl (C=O) groups excluding carboxylic acids is 1. The van der Waals surface area contributed by atoms with Crippen molar-refractivity contribution in [2.45, 2.75) is 59.2 Å². The summed E-state index contributed by atoms with van der Waals surface area (Å²) in [5.74, 6) is 0.110. The summed E-state index contributed by atoms with van der Waals surface area (Å²) in [5, 5.41) is 6.93. The normalized spacial score (nSPS) is 12.9. The molecule has 0 saturated heterocycles. The summed E-state index contributed by atoms with van der Waals surface area (Å²) < 4.78 is 41.5.